The van der Waals surface area contributed by atoms with Gasteiger partial charge in [-0.1, -0.05) is 12.1 Å². The lowest BCUT2D eigenvalue weighted by molar-refractivity contribution is 0.234. The van der Waals surface area contributed by atoms with Gasteiger partial charge in [-0.25, -0.2) is 8.42 Å². The monoisotopic (exact) mass is 249 g/mol. The second-order valence-corrected chi connectivity index (χ2v) is 5.45. The molecule has 0 aliphatic heterocycles. The Morgan fingerprint density at radius 3 is 2.31 bits per heavy atom. The lowest BCUT2D eigenvalue weighted by Crippen LogP contribution is -2.15. The summed E-state index contributed by atoms with van der Waals surface area (Å²) in [6.07, 6.45) is 0. The minimum atomic E-state index is -4.55. The zero-order valence-corrected chi connectivity index (χ0v) is 9.76. The molecule has 0 saturated carbocycles. The van der Waals surface area contributed by atoms with Crippen LogP contribution in [0.5, 0.6) is 0 Å². The van der Waals surface area contributed by atoms with Crippen LogP contribution in [0.1, 0.15) is 24.1 Å². The number of alkyl halides is 2. The summed E-state index contributed by atoms with van der Waals surface area (Å²) in [7, 11) is -4.55. The molecule has 90 valence electrons. The summed E-state index contributed by atoms with van der Waals surface area (Å²) in [6, 6.07) is 3.82. The summed E-state index contributed by atoms with van der Waals surface area (Å²) >= 11 is 0. The highest BCUT2D eigenvalue weighted by atomic mass is 32.2. The number of rotatable bonds is 3. The minimum Gasteiger partial charge on any atom is -0.324 e. The molecule has 0 aromatic heterocycles. The van der Waals surface area contributed by atoms with Crippen LogP contribution in [0, 0.1) is 6.92 Å². The number of hydrogen-bond donors (Lipinski definition) is 1. The molecule has 0 aliphatic rings. The van der Waals surface area contributed by atoms with Gasteiger partial charge in [0.15, 0.2) is 0 Å². The van der Waals surface area contributed by atoms with E-state index in [1.54, 1.807) is 13.0 Å². The molecule has 0 saturated heterocycles. The maximum absolute atomic E-state index is 12.4. The highest BCUT2D eigenvalue weighted by molar-refractivity contribution is 7.91. The number of hydrogen-bond acceptors (Lipinski definition) is 3. The van der Waals surface area contributed by atoms with Crippen LogP contribution in [-0.2, 0) is 9.84 Å². The molecule has 6 heteroatoms. The van der Waals surface area contributed by atoms with E-state index in [1.807, 2.05) is 0 Å². The van der Waals surface area contributed by atoms with Crippen LogP contribution in [0.3, 0.4) is 0 Å². The molecule has 0 fully saturated rings. The van der Waals surface area contributed by atoms with Gasteiger partial charge in [0.1, 0.15) is 0 Å². The van der Waals surface area contributed by atoms with Gasteiger partial charge >= 0.3 is 5.76 Å². The van der Waals surface area contributed by atoms with Crippen molar-refractivity contribution in [3.05, 3.63) is 29.3 Å². The molecule has 0 bridgehead atoms. The van der Waals surface area contributed by atoms with Crippen LogP contribution in [0.25, 0.3) is 0 Å². The molecule has 3 nitrogen and oxygen atoms in total. The number of benzene rings is 1. The highest BCUT2D eigenvalue weighted by Gasteiger charge is 2.28. The molecule has 0 heterocycles. The van der Waals surface area contributed by atoms with Crippen molar-refractivity contribution in [2.45, 2.75) is 30.5 Å². The summed E-state index contributed by atoms with van der Waals surface area (Å²) in [4.78, 5) is -0.350. The summed E-state index contributed by atoms with van der Waals surface area (Å²) in [6.45, 7) is 3.15. The molecule has 0 aliphatic carbocycles. The molecule has 1 aromatic carbocycles. The van der Waals surface area contributed by atoms with Crippen molar-refractivity contribution in [2.75, 3.05) is 0 Å². The molecule has 2 N–H and O–H groups in total. The van der Waals surface area contributed by atoms with Crippen molar-refractivity contribution in [1.82, 2.24) is 0 Å². The number of halogens is 2. The third kappa shape index (κ3) is 2.22. The quantitative estimate of drug-likeness (QED) is 0.891. The lowest BCUT2D eigenvalue weighted by atomic mass is 10.0. The first-order valence-corrected chi connectivity index (χ1v) is 6.20. The van der Waals surface area contributed by atoms with E-state index in [0.29, 0.717) is 5.56 Å². The van der Waals surface area contributed by atoms with Gasteiger partial charge < -0.3 is 5.73 Å². The van der Waals surface area contributed by atoms with Gasteiger partial charge in [0.2, 0.25) is 9.84 Å². The van der Waals surface area contributed by atoms with Crippen molar-refractivity contribution in [1.29, 1.82) is 0 Å². The van der Waals surface area contributed by atoms with E-state index in [-0.39, 0.29) is 10.5 Å². The van der Waals surface area contributed by atoms with Crippen LogP contribution in [0.2, 0.25) is 0 Å². The number of sulfone groups is 1. The SMILES string of the molecule is Cc1c([C@@H](C)N)cccc1S(=O)(=O)C(F)F. The van der Waals surface area contributed by atoms with Crippen LogP contribution in [0.4, 0.5) is 8.78 Å². The standard InChI is InChI=1S/C10H13F2NO2S/c1-6-8(7(2)13)4-3-5-9(6)16(14,15)10(11)12/h3-5,7,10H,13H2,1-2H3/t7-/m1/s1. The molecule has 1 rings (SSSR count). The second-order valence-electron chi connectivity index (χ2n) is 3.56. The zero-order chi connectivity index (χ0) is 12.5. The maximum Gasteiger partial charge on any atom is 0.341 e. The first-order chi connectivity index (χ1) is 7.28. The van der Waals surface area contributed by atoms with Crippen molar-refractivity contribution >= 4 is 9.84 Å². The van der Waals surface area contributed by atoms with Crippen molar-refractivity contribution < 1.29 is 17.2 Å². The maximum atomic E-state index is 12.4. The summed E-state index contributed by atoms with van der Waals surface area (Å²) in [5, 5.41) is 0. The lowest BCUT2D eigenvalue weighted by Gasteiger charge is -2.13. The minimum absolute atomic E-state index is 0.290. The van der Waals surface area contributed by atoms with E-state index in [0.717, 1.165) is 0 Å². The largest absolute Gasteiger partial charge is 0.341 e. The Labute approximate surface area is 93.2 Å². The summed E-state index contributed by atoms with van der Waals surface area (Å²) in [5.74, 6) is -3.41. The highest BCUT2D eigenvalue weighted by Crippen LogP contribution is 2.26. The predicted molar refractivity (Wildman–Crippen MR) is 57.0 cm³/mol. The van der Waals surface area contributed by atoms with Gasteiger partial charge in [0.05, 0.1) is 4.90 Å². The molecule has 0 unspecified atom stereocenters. The fourth-order valence-corrected chi connectivity index (χ4v) is 2.53. The molecule has 0 amide bonds. The molecule has 0 spiro atoms. The van der Waals surface area contributed by atoms with E-state index < -0.39 is 21.6 Å². The second kappa shape index (κ2) is 4.47. The first kappa shape index (κ1) is 13.1. The van der Waals surface area contributed by atoms with Gasteiger partial charge in [-0.3, -0.25) is 0 Å². The number of nitrogens with two attached hydrogens (primary N) is 1. The molecular formula is C10H13F2NO2S. The summed E-state index contributed by atoms with van der Waals surface area (Å²) < 4.78 is 47.5. The molecular weight excluding hydrogens is 236 g/mol. The van der Waals surface area contributed by atoms with Crippen LogP contribution in [0.15, 0.2) is 23.1 Å². The normalized spacial score (nSPS) is 14.1. The van der Waals surface area contributed by atoms with E-state index in [1.165, 1.54) is 19.1 Å². The summed E-state index contributed by atoms with van der Waals surface area (Å²) in [5.41, 5.74) is 6.47. The Morgan fingerprint density at radius 2 is 1.88 bits per heavy atom. The third-order valence-electron chi connectivity index (χ3n) is 2.36. The first-order valence-electron chi connectivity index (χ1n) is 4.65. The average Bonchev–Trinajstić information content (AvgIpc) is 2.16. The fraction of sp³-hybridized carbons (Fsp3) is 0.400. The Kier molecular flexibility index (Phi) is 3.64. The predicted octanol–water partition coefficient (Wildman–Crippen LogP) is 2.01. The van der Waals surface area contributed by atoms with Gasteiger partial charge in [-0.2, -0.15) is 8.78 Å². The smallest absolute Gasteiger partial charge is 0.324 e. The fourth-order valence-electron chi connectivity index (χ4n) is 1.53. The third-order valence-corrected chi connectivity index (χ3v) is 3.88. The van der Waals surface area contributed by atoms with Crippen LogP contribution >= 0.6 is 0 Å². The van der Waals surface area contributed by atoms with Crippen LogP contribution < -0.4 is 5.73 Å². The molecule has 16 heavy (non-hydrogen) atoms. The van der Waals surface area contributed by atoms with Gasteiger partial charge in [-0.15, -0.1) is 0 Å². The van der Waals surface area contributed by atoms with E-state index in [2.05, 4.69) is 0 Å². The van der Waals surface area contributed by atoms with E-state index >= 15 is 0 Å². The average molecular weight is 249 g/mol. The van der Waals surface area contributed by atoms with Gasteiger partial charge in [0.25, 0.3) is 0 Å². The van der Waals surface area contributed by atoms with E-state index in [9.17, 15) is 17.2 Å². The van der Waals surface area contributed by atoms with Gasteiger partial charge in [-0.05, 0) is 31.0 Å². The molecule has 1 aromatic rings. The molecule has 1 atom stereocenters. The zero-order valence-electron chi connectivity index (χ0n) is 8.94. The van der Waals surface area contributed by atoms with Crippen molar-refractivity contribution in [2.24, 2.45) is 5.73 Å². The Bertz CT molecular complexity index is 484. The Balaban J connectivity index is 3.43. The topological polar surface area (TPSA) is 60.2 Å². The van der Waals surface area contributed by atoms with Crippen molar-refractivity contribution in [3.63, 3.8) is 0 Å². The Hall–Kier alpha value is -1.01. The Morgan fingerprint density at radius 1 is 1.31 bits per heavy atom. The van der Waals surface area contributed by atoms with Crippen molar-refractivity contribution in [3.8, 4) is 0 Å². The van der Waals surface area contributed by atoms with E-state index in [4.69, 9.17) is 5.73 Å². The van der Waals surface area contributed by atoms with Crippen LogP contribution in [-0.4, -0.2) is 14.2 Å². The molecule has 0 radical (unpaired) electrons. The van der Waals surface area contributed by atoms with Gasteiger partial charge in [0, 0.05) is 6.04 Å².